The topological polar surface area (TPSA) is 113 Å². The van der Waals surface area contributed by atoms with Crippen LogP contribution in [0.25, 0.3) is 0 Å². The molecule has 0 amide bonds. The number of para-hydroxylation sites is 1. The second-order valence-electron chi connectivity index (χ2n) is 4.44. The van der Waals surface area contributed by atoms with Crippen LogP contribution < -0.4 is 4.72 Å². The third kappa shape index (κ3) is 3.80. The Labute approximate surface area is 127 Å². The Balaban J connectivity index is 2.21. The number of nitro benzene ring substituents is 1. The summed E-state index contributed by atoms with van der Waals surface area (Å²) in [5.74, 6) is -0.510. The number of nitrogens with zero attached hydrogens (tertiary/aromatic N) is 2. The van der Waals surface area contributed by atoms with E-state index in [1.807, 2.05) is 6.07 Å². The van der Waals surface area contributed by atoms with E-state index in [9.17, 15) is 18.5 Å². The molecule has 0 aliphatic carbocycles. The van der Waals surface area contributed by atoms with E-state index >= 15 is 0 Å². The number of nitriles is 1. The molecule has 2 rings (SSSR count). The molecule has 8 heteroatoms. The van der Waals surface area contributed by atoms with Crippen LogP contribution in [0.4, 0.5) is 11.4 Å². The van der Waals surface area contributed by atoms with Crippen molar-refractivity contribution < 1.29 is 13.3 Å². The lowest BCUT2D eigenvalue weighted by atomic mass is 10.2. The van der Waals surface area contributed by atoms with Crippen molar-refractivity contribution in [2.24, 2.45) is 0 Å². The molecule has 0 atom stereocenters. The molecule has 0 heterocycles. The van der Waals surface area contributed by atoms with Crippen molar-refractivity contribution in [1.82, 2.24) is 0 Å². The van der Waals surface area contributed by atoms with Crippen molar-refractivity contribution in [3.05, 3.63) is 69.8 Å². The highest BCUT2D eigenvalue weighted by molar-refractivity contribution is 7.91. The zero-order chi connectivity index (χ0) is 16.2. The second kappa shape index (κ2) is 6.24. The highest BCUT2D eigenvalue weighted by Crippen LogP contribution is 2.21. The maximum absolute atomic E-state index is 12.1. The molecule has 22 heavy (non-hydrogen) atoms. The predicted molar refractivity (Wildman–Crippen MR) is 80.5 cm³/mol. The first kappa shape index (κ1) is 15.5. The van der Waals surface area contributed by atoms with Crippen molar-refractivity contribution in [2.75, 3.05) is 4.72 Å². The highest BCUT2D eigenvalue weighted by atomic mass is 32.2. The summed E-state index contributed by atoms with van der Waals surface area (Å²) in [5, 5.41) is 19.6. The van der Waals surface area contributed by atoms with Gasteiger partial charge in [-0.05, 0) is 24.3 Å². The largest absolute Gasteiger partial charge is 0.283 e. The van der Waals surface area contributed by atoms with Gasteiger partial charge in [-0.2, -0.15) is 5.26 Å². The molecule has 0 fully saturated rings. The summed E-state index contributed by atoms with van der Waals surface area (Å²) < 4.78 is 26.5. The molecule has 0 aliphatic heterocycles. The average molecular weight is 317 g/mol. The number of nitro groups is 1. The van der Waals surface area contributed by atoms with Crippen LogP contribution in [0.3, 0.4) is 0 Å². The predicted octanol–water partition coefficient (Wildman–Crippen LogP) is 2.41. The Bertz CT molecular complexity index is 839. The number of benzene rings is 2. The van der Waals surface area contributed by atoms with Gasteiger partial charge in [0, 0.05) is 17.3 Å². The standard InChI is InChI=1S/C14H11N3O4S/c15-9-11-5-7-13(8-6-11)16-22(20,21)10-12-3-1-2-4-14(12)17(18)19/h1-8,16H,10H2. The van der Waals surface area contributed by atoms with Gasteiger partial charge in [0.25, 0.3) is 5.69 Å². The number of rotatable bonds is 5. The Hall–Kier alpha value is -2.92. The maximum atomic E-state index is 12.1. The Morgan fingerprint density at radius 2 is 1.77 bits per heavy atom. The van der Waals surface area contributed by atoms with Gasteiger partial charge in [-0.25, -0.2) is 8.42 Å². The van der Waals surface area contributed by atoms with E-state index in [1.165, 1.54) is 42.5 Å². The van der Waals surface area contributed by atoms with Gasteiger partial charge >= 0.3 is 0 Å². The SMILES string of the molecule is N#Cc1ccc(NS(=O)(=O)Cc2ccccc2[N+](=O)[O-])cc1. The summed E-state index contributed by atoms with van der Waals surface area (Å²) in [6.07, 6.45) is 0. The summed E-state index contributed by atoms with van der Waals surface area (Å²) in [5.41, 5.74) is 0.556. The molecule has 7 nitrogen and oxygen atoms in total. The van der Waals surface area contributed by atoms with Crippen LogP contribution in [0.1, 0.15) is 11.1 Å². The molecule has 0 aromatic heterocycles. The van der Waals surface area contributed by atoms with Crippen LogP contribution in [0.15, 0.2) is 48.5 Å². The molecular weight excluding hydrogens is 306 g/mol. The van der Waals surface area contributed by atoms with E-state index in [0.29, 0.717) is 5.56 Å². The molecule has 0 spiro atoms. The fraction of sp³-hybridized carbons (Fsp3) is 0.0714. The number of hydrogen-bond acceptors (Lipinski definition) is 5. The Morgan fingerprint density at radius 3 is 2.36 bits per heavy atom. The molecule has 2 aromatic rings. The van der Waals surface area contributed by atoms with Crippen LogP contribution in [-0.2, 0) is 15.8 Å². The lowest BCUT2D eigenvalue weighted by molar-refractivity contribution is -0.385. The van der Waals surface area contributed by atoms with E-state index in [-0.39, 0.29) is 16.9 Å². The molecular formula is C14H11N3O4S. The fourth-order valence-electron chi connectivity index (χ4n) is 1.84. The number of sulfonamides is 1. The minimum Gasteiger partial charge on any atom is -0.283 e. The molecule has 0 saturated heterocycles. The molecule has 1 N–H and O–H groups in total. The van der Waals surface area contributed by atoms with Crippen LogP contribution in [-0.4, -0.2) is 13.3 Å². The summed E-state index contributed by atoms with van der Waals surface area (Å²) in [4.78, 5) is 10.3. The second-order valence-corrected chi connectivity index (χ2v) is 6.16. The summed E-state index contributed by atoms with van der Waals surface area (Å²) in [6, 6.07) is 13.5. The molecule has 0 bridgehead atoms. The minimum absolute atomic E-state index is 0.105. The van der Waals surface area contributed by atoms with E-state index in [4.69, 9.17) is 5.26 Å². The van der Waals surface area contributed by atoms with Gasteiger partial charge < -0.3 is 0 Å². The maximum Gasteiger partial charge on any atom is 0.273 e. The van der Waals surface area contributed by atoms with Crippen LogP contribution in [0.5, 0.6) is 0 Å². The molecule has 0 radical (unpaired) electrons. The van der Waals surface area contributed by atoms with Gasteiger partial charge in [-0.3, -0.25) is 14.8 Å². The third-order valence-electron chi connectivity index (χ3n) is 2.82. The van der Waals surface area contributed by atoms with Crippen molar-refractivity contribution in [1.29, 1.82) is 5.26 Å². The van der Waals surface area contributed by atoms with Gasteiger partial charge in [0.15, 0.2) is 0 Å². The fourth-order valence-corrected chi connectivity index (χ4v) is 3.07. The smallest absolute Gasteiger partial charge is 0.273 e. The Morgan fingerprint density at radius 1 is 1.14 bits per heavy atom. The lowest BCUT2D eigenvalue weighted by Gasteiger charge is -2.08. The van der Waals surface area contributed by atoms with Crippen LogP contribution in [0.2, 0.25) is 0 Å². The van der Waals surface area contributed by atoms with Crippen molar-refractivity contribution in [3.63, 3.8) is 0 Å². The monoisotopic (exact) mass is 317 g/mol. The van der Waals surface area contributed by atoms with E-state index in [2.05, 4.69) is 4.72 Å². The zero-order valence-electron chi connectivity index (χ0n) is 11.3. The lowest BCUT2D eigenvalue weighted by Crippen LogP contribution is -2.15. The first-order chi connectivity index (χ1) is 10.4. The van der Waals surface area contributed by atoms with E-state index < -0.39 is 20.7 Å². The molecule has 0 unspecified atom stereocenters. The quantitative estimate of drug-likeness (QED) is 0.672. The number of hydrogen-bond donors (Lipinski definition) is 1. The van der Waals surface area contributed by atoms with E-state index in [0.717, 1.165) is 0 Å². The average Bonchev–Trinajstić information content (AvgIpc) is 2.47. The number of anilines is 1. The zero-order valence-corrected chi connectivity index (χ0v) is 12.1. The first-order valence-corrected chi connectivity index (χ1v) is 7.79. The molecule has 0 aliphatic rings. The first-order valence-electron chi connectivity index (χ1n) is 6.14. The third-order valence-corrected chi connectivity index (χ3v) is 4.06. The van der Waals surface area contributed by atoms with Crippen molar-refractivity contribution in [3.8, 4) is 6.07 Å². The molecule has 112 valence electrons. The van der Waals surface area contributed by atoms with Crippen molar-refractivity contribution in [2.45, 2.75) is 5.75 Å². The number of nitrogens with one attached hydrogen (secondary N) is 1. The molecule has 0 saturated carbocycles. The van der Waals surface area contributed by atoms with Gasteiger partial charge in [-0.15, -0.1) is 0 Å². The normalized spacial score (nSPS) is 10.7. The van der Waals surface area contributed by atoms with Crippen LogP contribution >= 0.6 is 0 Å². The van der Waals surface area contributed by atoms with Gasteiger partial charge in [0.1, 0.15) is 5.75 Å². The van der Waals surface area contributed by atoms with Crippen molar-refractivity contribution >= 4 is 21.4 Å². The minimum atomic E-state index is -3.80. The van der Waals surface area contributed by atoms with Gasteiger partial charge in [0.05, 0.1) is 16.6 Å². The Kier molecular flexibility index (Phi) is 4.39. The highest BCUT2D eigenvalue weighted by Gasteiger charge is 2.19. The summed E-state index contributed by atoms with van der Waals surface area (Å²) in [6.45, 7) is 0. The molecule has 2 aromatic carbocycles. The van der Waals surface area contributed by atoms with Crippen LogP contribution in [0, 0.1) is 21.4 Å². The summed E-state index contributed by atoms with van der Waals surface area (Å²) >= 11 is 0. The summed E-state index contributed by atoms with van der Waals surface area (Å²) in [7, 11) is -3.80. The van der Waals surface area contributed by atoms with E-state index in [1.54, 1.807) is 6.07 Å². The van der Waals surface area contributed by atoms with Gasteiger partial charge in [0.2, 0.25) is 10.0 Å². The van der Waals surface area contributed by atoms with Gasteiger partial charge in [-0.1, -0.05) is 18.2 Å².